The molecule has 0 heterocycles. The molecule has 0 aliphatic rings. The van der Waals surface area contributed by atoms with E-state index in [9.17, 15) is 26.8 Å². The number of carbonyl (C=O) groups is 2. The van der Waals surface area contributed by atoms with Gasteiger partial charge in [-0.05, 0) is 42.5 Å². The van der Waals surface area contributed by atoms with Crippen molar-refractivity contribution >= 4 is 33.2 Å². The zero-order chi connectivity index (χ0) is 20.9. The lowest BCUT2D eigenvalue weighted by molar-refractivity contribution is -0.116. The minimum atomic E-state index is -4.40. The molecule has 0 saturated heterocycles. The van der Waals surface area contributed by atoms with Crippen LogP contribution >= 0.6 is 0 Å². The van der Waals surface area contributed by atoms with Gasteiger partial charge in [0.25, 0.3) is 0 Å². The summed E-state index contributed by atoms with van der Waals surface area (Å²) in [6.07, 6.45) is 0. The highest BCUT2D eigenvalue weighted by atomic mass is 32.2. The van der Waals surface area contributed by atoms with Crippen molar-refractivity contribution < 1.29 is 26.8 Å². The molecule has 2 aromatic rings. The third kappa shape index (κ3) is 5.33. The molecule has 28 heavy (non-hydrogen) atoms. The Morgan fingerprint density at radius 1 is 1.00 bits per heavy atom. The standard InChI is InChI=1S/C18H19F2N3O4S/c1-3-23(28(26,27)17-10-13(19)4-9-16(17)20)11-18(25)22-15-7-5-14(6-8-15)21-12(2)24/h4-10H,3,11H2,1-2H3,(H,21,24)(H,22,25). The molecule has 0 unspecified atom stereocenters. The zero-order valence-electron chi connectivity index (χ0n) is 15.2. The molecule has 2 N–H and O–H groups in total. The summed E-state index contributed by atoms with van der Waals surface area (Å²) in [5.74, 6) is -2.91. The second kappa shape index (κ2) is 8.89. The van der Waals surface area contributed by atoms with E-state index in [2.05, 4.69) is 10.6 Å². The van der Waals surface area contributed by atoms with Gasteiger partial charge in [0.2, 0.25) is 21.8 Å². The number of halogens is 2. The molecule has 0 aliphatic carbocycles. The molecule has 2 rings (SSSR count). The molecule has 0 spiro atoms. The van der Waals surface area contributed by atoms with Crippen LogP contribution in [-0.4, -0.2) is 37.6 Å². The molecule has 0 bridgehead atoms. The fourth-order valence-electron chi connectivity index (χ4n) is 2.38. The highest BCUT2D eigenvalue weighted by Crippen LogP contribution is 2.20. The Morgan fingerprint density at radius 2 is 1.57 bits per heavy atom. The first-order valence-corrected chi connectivity index (χ1v) is 9.70. The minimum Gasteiger partial charge on any atom is -0.326 e. The molecular formula is C18H19F2N3O4S. The van der Waals surface area contributed by atoms with Crippen LogP contribution in [0.5, 0.6) is 0 Å². The summed E-state index contributed by atoms with van der Waals surface area (Å²) >= 11 is 0. The van der Waals surface area contributed by atoms with E-state index in [1.165, 1.54) is 26.0 Å². The monoisotopic (exact) mass is 411 g/mol. The van der Waals surface area contributed by atoms with Gasteiger partial charge in [-0.15, -0.1) is 0 Å². The summed E-state index contributed by atoms with van der Waals surface area (Å²) in [6.45, 7) is 2.14. The topological polar surface area (TPSA) is 95.6 Å². The molecule has 0 aromatic heterocycles. The van der Waals surface area contributed by atoms with Gasteiger partial charge < -0.3 is 10.6 Å². The second-order valence-electron chi connectivity index (χ2n) is 5.81. The van der Waals surface area contributed by atoms with Crippen molar-refractivity contribution in [3.05, 3.63) is 54.1 Å². The number of sulfonamides is 1. The Labute approximate surface area is 161 Å². The van der Waals surface area contributed by atoms with Crippen LogP contribution in [0.15, 0.2) is 47.4 Å². The average molecular weight is 411 g/mol. The summed E-state index contributed by atoms with van der Waals surface area (Å²) in [4.78, 5) is 22.4. The van der Waals surface area contributed by atoms with E-state index in [0.717, 1.165) is 10.4 Å². The van der Waals surface area contributed by atoms with Crippen molar-refractivity contribution in [2.75, 3.05) is 23.7 Å². The van der Waals surface area contributed by atoms with E-state index in [1.54, 1.807) is 12.1 Å². The minimum absolute atomic E-state index is 0.118. The van der Waals surface area contributed by atoms with Crippen molar-refractivity contribution in [2.45, 2.75) is 18.7 Å². The Hall–Kier alpha value is -2.85. The van der Waals surface area contributed by atoms with E-state index in [0.29, 0.717) is 23.5 Å². The predicted octanol–water partition coefficient (Wildman–Crippen LogP) is 2.57. The highest BCUT2D eigenvalue weighted by Gasteiger charge is 2.28. The molecule has 2 aromatic carbocycles. The maximum absolute atomic E-state index is 13.9. The first kappa shape index (κ1) is 21.5. The fourth-order valence-corrected chi connectivity index (χ4v) is 3.86. The maximum Gasteiger partial charge on any atom is 0.246 e. The third-order valence-electron chi connectivity index (χ3n) is 3.67. The molecule has 0 aliphatic heterocycles. The van der Waals surface area contributed by atoms with E-state index in [1.807, 2.05) is 0 Å². The van der Waals surface area contributed by atoms with E-state index < -0.39 is 39.0 Å². The van der Waals surface area contributed by atoms with Gasteiger partial charge in [0, 0.05) is 24.8 Å². The third-order valence-corrected chi connectivity index (χ3v) is 5.61. The number of benzene rings is 2. The Bertz CT molecular complexity index is 979. The van der Waals surface area contributed by atoms with Gasteiger partial charge in [-0.25, -0.2) is 17.2 Å². The molecular weight excluding hydrogens is 392 g/mol. The van der Waals surface area contributed by atoms with Gasteiger partial charge in [-0.2, -0.15) is 4.31 Å². The number of anilines is 2. The molecule has 10 heteroatoms. The number of hydrogen-bond acceptors (Lipinski definition) is 4. The molecule has 0 atom stereocenters. The summed E-state index contributed by atoms with van der Waals surface area (Å²) < 4.78 is 53.1. The van der Waals surface area contributed by atoms with Crippen LogP contribution in [0.3, 0.4) is 0 Å². The van der Waals surface area contributed by atoms with Gasteiger partial charge in [0.1, 0.15) is 16.5 Å². The lowest BCUT2D eigenvalue weighted by Crippen LogP contribution is -2.38. The van der Waals surface area contributed by atoms with Crippen LogP contribution in [-0.2, 0) is 19.6 Å². The van der Waals surface area contributed by atoms with Crippen molar-refractivity contribution in [3.8, 4) is 0 Å². The lowest BCUT2D eigenvalue weighted by Gasteiger charge is -2.20. The number of amides is 2. The summed E-state index contributed by atoms with van der Waals surface area (Å²) in [7, 11) is -4.40. The van der Waals surface area contributed by atoms with E-state index in [-0.39, 0.29) is 12.5 Å². The molecule has 150 valence electrons. The Morgan fingerprint density at radius 3 is 2.11 bits per heavy atom. The van der Waals surface area contributed by atoms with Crippen LogP contribution in [0.1, 0.15) is 13.8 Å². The zero-order valence-corrected chi connectivity index (χ0v) is 16.0. The fraction of sp³-hybridized carbons (Fsp3) is 0.222. The summed E-state index contributed by atoms with van der Waals surface area (Å²) in [5, 5.41) is 5.08. The molecule has 0 radical (unpaired) electrons. The van der Waals surface area contributed by atoms with Crippen LogP contribution in [0.25, 0.3) is 0 Å². The number of rotatable bonds is 7. The van der Waals surface area contributed by atoms with Gasteiger partial charge in [0.15, 0.2) is 0 Å². The largest absolute Gasteiger partial charge is 0.326 e. The molecule has 0 fully saturated rings. The predicted molar refractivity (Wildman–Crippen MR) is 100 cm³/mol. The Balaban J connectivity index is 2.12. The van der Waals surface area contributed by atoms with E-state index >= 15 is 0 Å². The van der Waals surface area contributed by atoms with Crippen LogP contribution in [0, 0.1) is 11.6 Å². The molecule has 7 nitrogen and oxygen atoms in total. The Kier molecular flexibility index (Phi) is 6.81. The van der Waals surface area contributed by atoms with Crippen molar-refractivity contribution in [3.63, 3.8) is 0 Å². The van der Waals surface area contributed by atoms with Crippen LogP contribution in [0.2, 0.25) is 0 Å². The number of hydrogen-bond donors (Lipinski definition) is 2. The number of nitrogens with one attached hydrogen (secondary N) is 2. The van der Waals surface area contributed by atoms with Crippen LogP contribution in [0.4, 0.5) is 20.2 Å². The lowest BCUT2D eigenvalue weighted by atomic mass is 10.2. The smallest absolute Gasteiger partial charge is 0.246 e. The maximum atomic E-state index is 13.9. The van der Waals surface area contributed by atoms with Crippen molar-refractivity contribution in [1.82, 2.24) is 4.31 Å². The highest BCUT2D eigenvalue weighted by molar-refractivity contribution is 7.89. The normalized spacial score (nSPS) is 11.3. The quantitative estimate of drug-likeness (QED) is 0.732. The van der Waals surface area contributed by atoms with Gasteiger partial charge >= 0.3 is 0 Å². The second-order valence-corrected chi connectivity index (χ2v) is 7.72. The van der Waals surface area contributed by atoms with Gasteiger partial charge in [0.05, 0.1) is 6.54 Å². The van der Waals surface area contributed by atoms with Gasteiger partial charge in [-0.3, -0.25) is 9.59 Å². The SMILES string of the molecule is CCN(CC(=O)Nc1ccc(NC(C)=O)cc1)S(=O)(=O)c1cc(F)ccc1F. The number of carbonyl (C=O) groups excluding carboxylic acids is 2. The first-order valence-electron chi connectivity index (χ1n) is 8.26. The van der Waals surface area contributed by atoms with Crippen LogP contribution < -0.4 is 10.6 Å². The number of nitrogens with zero attached hydrogens (tertiary/aromatic N) is 1. The summed E-state index contributed by atoms with van der Waals surface area (Å²) in [6, 6.07) is 8.28. The molecule has 0 saturated carbocycles. The average Bonchev–Trinajstić information content (AvgIpc) is 2.62. The number of likely N-dealkylation sites (N-methyl/N-ethyl adjacent to an activating group) is 1. The first-order chi connectivity index (χ1) is 13.1. The molecule has 2 amide bonds. The van der Waals surface area contributed by atoms with Crippen molar-refractivity contribution in [2.24, 2.45) is 0 Å². The van der Waals surface area contributed by atoms with Gasteiger partial charge in [-0.1, -0.05) is 6.92 Å². The summed E-state index contributed by atoms with van der Waals surface area (Å²) in [5.41, 5.74) is 0.911. The van der Waals surface area contributed by atoms with Crippen molar-refractivity contribution in [1.29, 1.82) is 0 Å². The van der Waals surface area contributed by atoms with E-state index in [4.69, 9.17) is 0 Å².